The van der Waals surface area contributed by atoms with Gasteiger partial charge in [0.05, 0.1) is 0 Å². The van der Waals surface area contributed by atoms with Gasteiger partial charge in [-0.2, -0.15) is 8.42 Å². The van der Waals surface area contributed by atoms with Crippen LogP contribution in [0.5, 0.6) is 0 Å². The topological polar surface area (TPSA) is 141 Å². The first-order valence-corrected chi connectivity index (χ1v) is 6.89. The van der Waals surface area contributed by atoms with E-state index in [-0.39, 0.29) is 5.82 Å². The van der Waals surface area contributed by atoms with Gasteiger partial charge < -0.3 is 14.8 Å². The zero-order chi connectivity index (χ0) is 11.7. The minimum atomic E-state index is -4.94. The highest BCUT2D eigenvalue weighted by Gasteiger charge is 2.40. The van der Waals surface area contributed by atoms with Crippen molar-refractivity contribution in [2.75, 3.05) is 0 Å². The van der Waals surface area contributed by atoms with Crippen LogP contribution in [0.4, 0.5) is 0 Å². The molecule has 1 atom stereocenters. The first-order valence-electron chi connectivity index (χ1n) is 3.71. The van der Waals surface area contributed by atoms with Gasteiger partial charge in [0.2, 0.25) is 0 Å². The molecule has 86 valence electrons. The molecule has 0 aliphatic carbocycles. The molecule has 0 aliphatic heterocycles. The van der Waals surface area contributed by atoms with Gasteiger partial charge in [0.25, 0.3) is 10.1 Å². The Balaban J connectivity index is 3.00. The molecule has 0 saturated carbocycles. The van der Waals surface area contributed by atoms with Gasteiger partial charge in [-0.25, -0.2) is 4.98 Å². The third-order valence-corrected chi connectivity index (χ3v) is 5.05. The fourth-order valence-corrected chi connectivity index (χ4v) is 3.14. The van der Waals surface area contributed by atoms with Gasteiger partial charge in [-0.15, -0.1) is 0 Å². The molecule has 0 bridgehead atoms. The maximum absolute atomic E-state index is 10.8. The van der Waals surface area contributed by atoms with Crippen LogP contribution in [0.3, 0.4) is 0 Å². The maximum Gasteiger partial charge on any atom is 0.346 e. The van der Waals surface area contributed by atoms with E-state index in [1.165, 1.54) is 12.4 Å². The minimum Gasteiger partial charge on any atom is -0.349 e. The molecule has 4 N–H and O–H groups in total. The lowest BCUT2D eigenvalue weighted by atomic mass is 10.5. The fourth-order valence-electron chi connectivity index (χ4n) is 0.973. The Hall–Kier alpha value is -0.730. The molecule has 0 saturated heterocycles. The summed E-state index contributed by atoms with van der Waals surface area (Å²) in [6.45, 7) is 0. The average molecular weight is 256 g/mol. The van der Waals surface area contributed by atoms with Gasteiger partial charge in [0.15, 0.2) is 4.99 Å². The van der Waals surface area contributed by atoms with Crippen molar-refractivity contribution < 1.29 is 27.3 Å². The normalized spacial score (nSPS) is 15.1. The molecule has 0 radical (unpaired) electrons. The van der Waals surface area contributed by atoms with Crippen LogP contribution >= 0.6 is 7.60 Å². The van der Waals surface area contributed by atoms with Crippen LogP contribution in [0.25, 0.3) is 0 Å². The Morgan fingerprint density at radius 3 is 2.47 bits per heavy atom. The molecule has 1 rings (SSSR count). The second kappa shape index (κ2) is 4.03. The Morgan fingerprint density at radius 2 is 2.13 bits per heavy atom. The van der Waals surface area contributed by atoms with Crippen molar-refractivity contribution in [2.24, 2.45) is 0 Å². The average Bonchev–Trinajstić information content (AvgIpc) is 2.46. The summed E-state index contributed by atoms with van der Waals surface area (Å²) in [5.74, 6) is 0.0703. The lowest BCUT2D eigenvalue weighted by Gasteiger charge is -2.13. The summed E-state index contributed by atoms with van der Waals surface area (Å²) in [4.78, 5) is 21.4. The van der Waals surface area contributed by atoms with Crippen molar-refractivity contribution in [1.82, 2.24) is 9.97 Å². The third kappa shape index (κ3) is 3.40. The lowest BCUT2D eigenvalue weighted by Crippen LogP contribution is -2.23. The van der Waals surface area contributed by atoms with Crippen molar-refractivity contribution in [1.29, 1.82) is 0 Å². The predicted octanol–water partition coefficient (Wildman–Crippen LogP) is -0.656. The molecule has 8 nitrogen and oxygen atoms in total. The van der Waals surface area contributed by atoms with Gasteiger partial charge >= 0.3 is 7.60 Å². The number of aromatic amines is 1. The summed E-state index contributed by atoms with van der Waals surface area (Å²) in [5, 5.41) is 0. The number of aromatic nitrogens is 2. The molecule has 0 spiro atoms. The first kappa shape index (κ1) is 12.3. The third-order valence-electron chi connectivity index (χ3n) is 1.64. The first-order chi connectivity index (χ1) is 6.71. The molecule has 15 heavy (non-hydrogen) atoms. The standard InChI is InChI=1S/C5H9N2O6PS/c8-14(9,10)5(15(11,12)13)3-4-6-1-2-7-4/h1-2,5H,3H2,(H,6,7)(H2,8,9,10)(H,11,12,13). The SMILES string of the molecule is O=P(O)(O)C(Cc1ncc[nH]1)S(=O)(=O)O. The lowest BCUT2D eigenvalue weighted by molar-refractivity contribution is 0.362. The maximum atomic E-state index is 10.8. The predicted molar refractivity (Wildman–Crippen MR) is 49.7 cm³/mol. The van der Waals surface area contributed by atoms with Crippen molar-refractivity contribution in [3.05, 3.63) is 18.2 Å². The molecule has 0 fully saturated rings. The molecule has 0 amide bonds. The number of nitrogens with zero attached hydrogens (tertiary/aromatic N) is 1. The van der Waals surface area contributed by atoms with Crippen molar-refractivity contribution >= 4 is 17.7 Å². The molecule has 10 heteroatoms. The molecule has 1 heterocycles. The second-order valence-corrected chi connectivity index (χ2v) is 6.55. The Kier molecular flexibility index (Phi) is 3.31. The van der Waals surface area contributed by atoms with Crippen LogP contribution in [-0.4, -0.2) is 37.7 Å². The Morgan fingerprint density at radius 1 is 1.53 bits per heavy atom. The molecule has 0 aliphatic rings. The summed E-state index contributed by atoms with van der Waals surface area (Å²) < 4.78 is 40.9. The van der Waals surface area contributed by atoms with Crippen molar-refractivity contribution in [3.63, 3.8) is 0 Å². The molecule has 1 aromatic rings. The number of imidazole rings is 1. The van der Waals surface area contributed by atoms with E-state index in [1.807, 2.05) is 0 Å². The van der Waals surface area contributed by atoms with Gasteiger partial charge in [0.1, 0.15) is 5.82 Å². The highest BCUT2D eigenvalue weighted by Crippen LogP contribution is 2.44. The largest absolute Gasteiger partial charge is 0.349 e. The highest BCUT2D eigenvalue weighted by molar-refractivity contribution is 7.93. The van der Waals surface area contributed by atoms with E-state index >= 15 is 0 Å². The molecular weight excluding hydrogens is 247 g/mol. The highest BCUT2D eigenvalue weighted by atomic mass is 32.2. The van der Waals surface area contributed by atoms with E-state index in [0.717, 1.165) is 0 Å². The number of rotatable bonds is 4. The zero-order valence-electron chi connectivity index (χ0n) is 7.31. The quantitative estimate of drug-likeness (QED) is 0.414. The van der Waals surface area contributed by atoms with Crippen molar-refractivity contribution in [3.8, 4) is 0 Å². The van der Waals surface area contributed by atoms with Crippen molar-refractivity contribution in [2.45, 2.75) is 11.4 Å². The monoisotopic (exact) mass is 256 g/mol. The fraction of sp³-hybridized carbons (Fsp3) is 0.400. The smallest absolute Gasteiger partial charge is 0.346 e. The summed E-state index contributed by atoms with van der Waals surface area (Å²) in [7, 11) is -9.76. The summed E-state index contributed by atoms with van der Waals surface area (Å²) in [6.07, 6.45) is 2.10. The summed E-state index contributed by atoms with van der Waals surface area (Å²) in [6, 6.07) is 0. The van der Waals surface area contributed by atoms with Crippen LogP contribution in [0.1, 0.15) is 5.82 Å². The van der Waals surface area contributed by atoms with E-state index in [2.05, 4.69) is 9.97 Å². The van der Waals surface area contributed by atoms with Gasteiger partial charge in [-0.3, -0.25) is 9.12 Å². The zero-order valence-corrected chi connectivity index (χ0v) is 9.02. The molecule has 1 aromatic heterocycles. The van der Waals surface area contributed by atoms with Crippen LogP contribution in [0.2, 0.25) is 0 Å². The van der Waals surface area contributed by atoms with E-state index in [9.17, 15) is 13.0 Å². The van der Waals surface area contributed by atoms with E-state index in [4.69, 9.17) is 14.3 Å². The van der Waals surface area contributed by atoms with E-state index < -0.39 is 29.1 Å². The number of hydrogen-bond acceptors (Lipinski definition) is 4. The molecule has 0 aromatic carbocycles. The number of H-pyrrole nitrogens is 1. The Labute approximate surface area is 85.3 Å². The summed E-state index contributed by atoms with van der Waals surface area (Å²) >= 11 is 0. The second-order valence-electron chi connectivity index (χ2n) is 2.80. The van der Waals surface area contributed by atoms with Crippen LogP contribution in [0, 0.1) is 0 Å². The van der Waals surface area contributed by atoms with Crippen LogP contribution in [0.15, 0.2) is 12.4 Å². The van der Waals surface area contributed by atoms with E-state index in [0.29, 0.717) is 0 Å². The minimum absolute atomic E-state index is 0.0703. The molecular formula is C5H9N2O6PS. The van der Waals surface area contributed by atoms with Gasteiger partial charge in [-0.05, 0) is 0 Å². The van der Waals surface area contributed by atoms with Crippen LogP contribution in [-0.2, 0) is 21.1 Å². The Bertz CT molecular complexity index is 462. The van der Waals surface area contributed by atoms with Gasteiger partial charge in [-0.1, -0.05) is 0 Å². The molecule has 1 unspecified atom stereocenters. The van der Waals surface area contributed by atoms with Gasteiger partial charge in [0, 0.05) is 18.8 Å². The summed E-state index contributed by atoms with van der Waals surface area (Å²) in [5.41, 5.74) is 0. The number of nitrogens with one attached hydrogen (secondary N) is 1. The van der Waals surface area contributed by atoms with Crippen LogP contribution < -0.4 is 0 Å². The van der Waals surface area contributed by atoms with E-state index in [1.54, 1.807) is 0 Å². The number of hydrogen-bond donors (Lipinski definition) is 4.